The van der Waals surface area contributed by atoms with Crippen LogP contribution in [-0.4, -0.2) is 143 Å². The SMILES string of the molecule is CSCC[C@H](NC(=O)[C@H](Cc1ccc(O)cc1)NC(=O)CNC(=O)CNC(=O)[C@@H](N)CC(C)C)C(=O)N[C@@H](CC(C)C)C(=O)NCC(=O)N[C@@H](CO)C(=O)N[C@@H](C)C(=O)O. The lowest BCUT2D eigenvalue weighted by molar-refractivity contribution is -0.142. The number of nitrogens with two attached hydrogens (primary N) is 1. The van der Waals surface area contributed by atoms with Gasteiger partial charge in [-0.1, -0.05) is 39.8 Å². The zero-order valence-corrected chi connectivity index (χ0v) is 35.6. The summed E-state index contributed by atoms with van der Waals surface area (Å²) in [4.78, 5) is 114. The van der Waals surface area contributed by atoms with E-state index in [9.17, 15) is 53.4 Å². The van der Waals surface area contributed by atoms with Crippen molar-refractivity contribution in [3.05, 3.63) is 29.8 Å². The molecule has 0 aliphatic heterocycles. The summed E-state index contributed by atoms with van der Waals surface area (Å²) < 4.78 is 0. The lowest BCUT2D eigenvalue weighted by Crippen LogP contribution is -2.58. The van der Waals surface area contributed by atoms with Crippen LogP contribution in [0.15, 0.2) is 24.3 Å². The van der Waals surface area contributed by atoms with Gasteiger partial charge in [-0.2, -0.15) is 11.8 Å². The number of carboxylic acid groups (broad SMARTS) is 1. The molecule has 22 heteroatoms. The highest BCUT2D eigenvalue weighted by Crippen LogP contribution is 2.13. The fraction of sp³-hybridized carbons (Fsp3) is 0.605. The van der Waals surface area contributed by atoms with Crippen molar-refractivity contribution in [3.63, 3.8) is 0 Å². The molecule has 1 aromatic rings. The van der Waals surface area contributed by atoms with Crippen LogP contribution >= 0.6 is 11.8 Å². The van der Waals surface area contributed by atoms with Crippen molar-refractivity contribution < 1.29 is 58.5 Å². The highest BCUT2D eigenvalue weighted by atomic mass is 32.2. The Bertz CT molecular complexity index is 1630. The van der Waals surface area contributed by atoms with Gasteiger partial charge in [0.05, 0.1) is 32.3 Å². The number of aliphatic hydroxyl groups excluding tert-OH is 1. The molecular formula is C38H61N9O12S. The topological polar surface area (TPSA) is 337 Å². The van der Waals surface area contributed by atoms with Crippen LogP contribution in [-0.2, 0) is 49.6 Å². The van der Waals surface area contributed by atoms with E-state index in [1.165, 1.54) is 43.0 Å². The zero-order valence-electron chi connectivity index (χ0n) is 34.8. The Morgan fingerprint density at radius 3 is 1.67 bits per heavy atom. The second-order valence-corrected chi connectivity index (χ2v) is 15.8. The Kier molecular flexibility index (Phi) is 23.9. The largest absolute Gasteiger partial charge is 0.508 e. The molecule has 0 spiro atoms. The number of aliphatic carboxylic acids is 1. The van der Waals surface area contributed by atoms with E-state index in [1.54, 1.807) is 20.1 Å². The smallest absolute Gasteiger partial charge is 0.325 e. The van der Waals surface area contributed by atoms with Gasteiger partial charge in [-0.15, -0.1) is 0 Å². The number of phenolic OH excluding ortho intramolecular Hbond substituents is 1. The van der Waals surface area contributed by atoms with Crippen LogP contribution in [0.1, 0.15) is 59.4 Å². The Morgan fingerprint density at radius 2 is 1.12 bits per heavy atom. The van der Waals surface area contributed by atoms with E-state index < -0.39 is 116 Å². The second kappa shape index (κ2) is 27.3. The van der Waals surface area contributed by atoms with Gasteiger partial charge in [0.1, 0.15) is 36.0 Å². The van der Waals surface area contributed by atoms with Crippen LogP contribution in [0.25, 0.3) is 0 Å². The van der Waals surface area contributed by atoms with Crippen molar-refractivity contribution in [1.29, 1.82) is 0 Å². The van der Waals surface area contributed by atoms with Gasteiger partial charge in [-0.05, 0) is 67.7 Å². The van der Waals surface area contributed by atoms with Crippen molar-refractivity contribution in [1.82, 2.24) is 42.5 Å². The van der Waals surface area contributed by atoms with Gasteiger partial charge in [-0.25, -0.2) is 0 Å². The lowest BCUT2D eigenvalue weighted by atomic mass is 10.0. The second-order valence-electron chi connectivity index (χ2n) is 14.8. The molecule has 0 saturated carbocycles. The Morgan fingerprint density at radius 1 is 0.617 bits per heavy atom. The van der Waals surface area contributed by atoms with E-state index in [1.807, 2.05) is 13.8 Å². The Balaban J connectivity index is 3.08. The predicted octanol–water partition coefficient (Wildman–Crippen LogP) is -3.02. The van der Waals surface area contributed by atoms with Gasteiger partial charge >= 0.3 is 5.97 Å². The molecular weight excluding hydrogens is 807 g/mol. The van der Waals surface area contributed by atoms with Crippen molar-refractivity contribution in [2.45, 2.75) is 96.6 Å². The van der Waals surface area contributed by atoms with Gasteiger partial charge in [0.15, 0.2) is 0 Å². The van der Waals surface area contributed by atoms with Crippen LogP contribution in [0, 0.1) is 11.8 Å². The molecule has 0 aromatic heterocycles. The number of aliphatic hydroxyl groups is 1. The average molecular weight is 868 g/mol. The number of hydrogen-bond donors (Lipinski definition) is 12. The fourth-order valence-electron chi connectivity index (χ4n) is 5.33. The number of rotatable bonds is 27. The number of phenols is 1. The fourth-order valence-corrected chi connectivity index (χ4v) is 5.81. The number of hydrogen-bond acceptors (Lipinski definition) is 13. The third kappa shape index (κ3) is 21.0. The summed E-state index contributed by atoms with van der Waals surface area (Å²) in [5, 5.41) is 47.6. The van der Waals surface area contributed by atoms with E-state index in [4.69, 9.17) is 10.8 Å². The molecule has 0 fully saturated rings. The van der Waals surface area contributed by atoms with Crippen molar-refractivity contribution in [3.8, 4) is 5.75 Å². The molecule has 1 aromatic carbocycles. The highest BCUT2D eigenvalue weighted by Gasteiger charge is 2.31. The molecule has 0 bridgehead atoms. The molecule has 0 radical (unpaired) electrons. The number of thioether (sulfide) groups is 1. The molecule has 336 valence electrons. The van der Waals surface area contributed by atoms with Gasteiger partial charge in [0.2, 0.25) is 47.3 Å². The summed E-state index contributed by atoms with van der Waals surface area (Å²) in [6.45, 7) is 6.00. The van der Waals surface area contributed by atoms with E-state index >= 15 is 0 Å². The van der Waals surface area contributed by atoms with Crippen LogP contribution in [0.3, 0.4) is 0 Å². The maximum atomic E-state index is 13.8. The third-order valence-electron chi connectivity index (χ3n) is 8.53. The minimum Gasteiger partial charge on any atom is -0.508 e. The lowest BCUT2D eigenvalue weighted by Gasteiger charge is -2.26. The molecule has 0 saturated heterocycles. The van der Waals surface area contributed by atoms with E-state index in [2.05, 4.69) is 42.5 Å². The van der Waals surface area contributed by atoms with Gasteiger partial charge in [0, 0.05) is 6.42 Å². The van der Waals surface area contributed by atoms with Crippen LogP contribution in [0.5, 0.6) is 5.75 Å². The molecule has 60 heavy (non-hydrogen) atoms. The summed E-state index contributed by atoms with van der Waals surface area (Å²) >= 11 is 1.38. The number of carbonyl (C=O) groups excluding carboxylic acids is 8. The number of amides is 8. The standard InChI is InChI=1S/C38H61N9O12S/c1-20(2)13-25(39)33(53)41-16-30(50)40-17-31(51)44-28(15-23-7-9-24(49)10-8-23)36(56)46-26(11-12-60-6)35(55)47-27(14-21(3)4)34(54)42-18-32(52)45-29(19-48)37(57)43-22(5)38(58)59/h7-10,20-22,25-29,48-49H,11-19,39H2,1-6H3,(H,40,50)(H,41,53)(H,42,54)(H,43,57)(H,44,51)(H,45,52)(H,46,56)(H,47,55)(H,58,59)/t22-,25-,26-,27-,28-,29-/m0/s1. The minimum absolute atomic E-state index is 0.0393. The molecule has 8 amide bonds. The van der Waals surface area contributed by atoms with E-state index in [-0.39, 0.29) is 36.8 Å². The highest BCUT2D eigenvalue weighted by molar-refractivity contribution is 7.98. The van der Waals surface area contributed by atoms with Gasteiger partial charge in [0.25, 0.3) is 0 Å². The summed E-state index contributed by atoms with van der Waals surface area (Å²) in [6.07, 6.45) is 2.30. The normalized spacial score (nSPS) is 14.0. The third-order valence-corrected chi connectivity index (χ3v) is 9.17. The first-order chi connectivity index (χ1) is 28.2. The average Bonchev–Trinajstić information content (AvgIpc) is 3.18. The first kappa shape index (κ1) is 52.5. The van der Waals surface area contributed by atoms with Gasteiger partial charge in [-0.3, -0.25) is 43.2 Å². The van der Waals surface area contributed by atoms with E-state index in [0.29, 0.717) is 17.7 Å². The number of carbonyl (C=O) groups is 9. The maximum absolute atomic E-state index is 13.8. The number of carboxylic acids is 1. The molecule has 1 rings (SSSR count). The molecule has 21 nitrogen and oxygen atoms in total. The van der Waals surface area contributed by atoms with Crippen molar-refractivity contribution >= 4 is 65.0 Å². The predicted molar refractivity (Wildman–Crippen MR) is 221 cm³/mol. The zero-order chi connectivity index (χ0) is 45.5. The molecule has 0 aliphatic rings. The maximum Gasteiger partial charge on any atom is 0.325 e. The van der Waals surface area contributed by atoms with Crippen LogP contribution in [0.2, 0.25) is 0 Å². The molecule has 13 N–H and O–H groups in total. The monoisotopic (exact) mass is 867 g/mol. The minimum atomic E-state index is -1.51. The molecule has 0 aliphatic carbocycles. The summed E-state index contributed by atoms with van der Waals surface area (Å²) in [7, 11) is 0. The number of benzene rings is 1. The van der Waals surface area contributed by atoms with Crippen LogP contribution in [0.4, 0.5) is 0 Å². The Labute approximate surface area is 353 Å². The summed E-state index contributed by atoms with van der Waals surface area (Å²) in [5.74, 6) is -7.12. The van der Waals surface area contributed by atoms with E-state index in [0.717, 1.165) is 0 Å². The molecule has 0 unspecified atom stereocenters. The van der Waals surface area contributed by atoms with Crippen molar-refractivity contribution in [2.24, 2.45) is 17.6 Å². The Hall–Kier alpha value is -5.48. The first-order valence-electron chi connectivity index (χ1n) is 19.3. The van der Waals surface area contributed by atoms with Crippen molar-refractivity contribution in [2.75, 3.05) is 38.2 Å². The first-order valence-corrected chi connectivity index (χ1v) is 20.7. The molecule has 0 heterocycles. The number of aromatic hydroxyl groups is 1. The van der Waals surface area contributed by atoms with Crippen LogP contribution < -0.4 is 48.3 Å². The molecule has 6 atom stereocenters. The number of nitrogens with one attached hydrogen (secondary N) is 8. The summed E-state index contributed by atoms with van der Waals surface area (Å²) in [6, 6.07) is -1.49. The van der Waals surface area contributed by atoms with Gasteiger partial charge < -0.3 is 63.6 Å². The quantitative estimate of drug-likeness (QED) is 0.0419. The summed E-state index contributed by atoms with van der Waals surface area (Å²) in [5.41, 5.74) is 6.36.